The van der Waals surface area contributed by atoms with E-state index < -0.39 is 5.91 Å². The molecule has 1 amide bonds. The zero-order valence-corrected chi connectivity index (χ0v) is 11.5. The average molecular weight is 292 g/mol. The molecule has 0 aliphatic carbocycles. The lowest BCUT2D eigenvalue weighted by atomic mass is 10.1. The van der Waals surface area contributed by atoms with Crippen molar-refractivity contribution in [3.8, 4) is 5.75 Å². The summed E-state index contributed by atoms with van der Waals surface area (Å²) in [6.45, 7) is 0. The quantitative estimate of drug-likeness (QED) is 0.727. The molecule has 0 spiro atoms. The van der Waals surface area contributed by atoms with Crippen molar-refractivity contribution in [2.24, 2.45) is 0 Å². The number of aldehydes is 1. The summed E-state index contributed by atoms with van der Waals surface area (Å²) in [7, 11) is 0. The van der Waals surface area contributed by atoms with Gasteiger partial charge in [0.2, 0.25) is 0 Å². The molecule has 0 radical (unpaired) electrons. The number of para-hydroxylation sites is 1. The maximum atomic E-state index is 12.1. The van der Waals surface area contributed by atoms with Crippen LogP contribution in [0.25, 0.3) is 10.9 Å². The molecule has 0 fully saturated rings. The molecule has 5 nitrogen and oxygen atoms in total. The van der Waals surface area contributed by atoms with E-state index in [0.29, 0.717) is 23.2 Å². The Morgan fingerprint density at radius 1 is 1.09 bits per heavy atom. The molecule has 22 heavy (non-hydrogen) atoms. The molecule has 0 saturated carbocycles. The second kappa shape index (κ2) is 5.65. The Morgan fingerprint density at radius 3 is 2.68 bits per heavy atom. The number of rotatable bonds is 3. The Hall–Kier alpha value is -3.21. The second-order valence-electron chi connectivity index (χ2n) is 4.73. The predicted molar refractivity (Wildman–Crippen MR) is 83.2 cm³/mol. The molecule has 0 saturated heterocycles. The van der Waals surface area contributed by atoms with Gasteiger partial charge in [0.25, 0.3) is 5.91 Å². The van der Waals surface area contributed by atoms with E-state index in [2.05, 4.69) is 10.3 Å². The molecule has 2 aromatic carbocycles. The number of carbonyl (C=O) groups is 2. The van der Waals surface area contributed by atoms with Crippen molar-refractivity contribution < 1.29 is 14.7 Å². The average Bonchev–Trinajstić information content (AvgIpc) is 2.54. The van der Waals surface area contributed by atoms with Gasteiger partial charge in [0.15, 0.2) is 6.29 Å². The van der Waals surface area contributed by atoms with Crippen LogP contribution in [0.4, 0.5) is 5.69 Å². The molecule has 108 valence electrons. The third-order valence-electron chi connectivity index (χ3n) is 3.24. The van der Waals surface area contributed by atoms with Gasteiger partial charge >= 0.3 is 0 Å². The highest BCUT2D eigenvalue weighted by molar-refractivity contribution is 6.06. The van der Waals surface area contributed by atoms with E-state index in [1.54, 1.807) is 48.5 Å². The third-order valence-corrected chi connectivity index (χ3v) is 3.24. The second-order valence-corrected chi connectivity index (χ2v) is 4.73. The van der Waals surface area contributed by atoms with Gasteiger partial charge in [0.05, 0.1) is 11.1 Å². The normalized spacial score (nSPS) is 10.4. The molecule has 5 heteroatoms. The van der Waals surface area contributed by atoms with Gasteiger partial charge in [-0.05, 0) is 36.4 Å². The highest BCUT2D eigenvalue weighted by atomic mass is 16.3. The highest BCUT2D eigenvalue weighted by Gasteiger charge is 2.10. The molecule has 1 aromatic heterocycles. The molecule has 1 heterocycles. The van der Waals surface area contributed by atoms with Crippen LogP contribution in [-0.2, 0) is 0 Å². The number of carbonyl (C=O) groups excluding carboxylic acids is 2. The highest BCUT2D eigenvalue weighted by Crippen LogP contribution is 2.21. The molecule has 3 aromatic rings. The third kappa shape index (κ3) is 2.64. The Balaban J connectivity index is 1.89. The first-order valence-corrected chi connectivity index (χ1v) is 6.63. The van der Waals surface area contributed by atoms with E-state index in [4.69, 9.17) is 0 Å². The first kappa shape index (κ1) is 13.8. The van der Waals surface area contributed by atoms with Crippen LogP contribution < -0.4 is 5.32 Å². The number of fused-ring (bicyclic) bond motifs is 1. The summed E-state index contributed by atoms with van der Waals surface area (Å²) in [6, 6.07) is 14.9. The zero-order chi connectivity index (χ0) is 15.5. The van der Waals surface area contributed by atoms with Gasteiger partial charge in [-0.2, -0.15) is 0 Å². The summed E-state index contributed by atoms with van der Waals surface area (Å²) in [6.07, 6.45) is 0.688. The SMILES string of the molecule is O=Cc1ccc2cc(NC(=O)c3ccccc3O)ccc2n1. The van der Waals surface area contributed by atoms with Gasteiger partial charge in [-0.1, -0.05) is 18.2 Å². The summed E-state index contributed by atoms with van der Waals surface area (Å²) >= 11 is 0. The number of nitrogens with one attached hydrogen (secondary N) is 1. The Bertz CT molecular complexity index is 875. The van der Waals surface area contributed by atoms with E-state index in [1.165, 1.54) is 6.07 Å². The van der Waals surface area contributed by atoms with E-state index >= 15 is 0 Å². The number of pyridine rings is 1. The van der Waals surface area contributed by atoms with Crippen molar-refractivity contribution >= 4 is 28.8 Å². The van der Waals surface area contributed by atoms with Crippen LogP contribution in [0.1, 0.15) is 20.8 Å². The number of anilines is 1. The monoisotopic (exact) mass is 292 g/mol. The van der Waals surface area contributed by atoms with E-state index in [1.807, 2.05) is 0 Å². The number of nitrogens with zero attached hydrogens (tertiary/aromatic N) is 1. The van der Waals surface area contributed by atoms with Crippen LogP contribution >= 0.6 is 0 Å². The molecular weight excluding hydrogens is 280 g/mol. The zero-order valence-electron chi connectivity index (χ0n) is 11.5. The van der Waals surface area contributed by atoms with E-state index in [0.717, 1.165) is 5.39 Å². The van der Waals surface area contributed by atoms with Crippen LogP contribution in [0.15, 0.2) is 54.6 Å². The molecule has 3 rings (SSSR count). The first-order valence-electron chi connectivity index (χ1n) is 6.63. The van der Waals surface area contributed by atoms with Crippen molar-refractivity contribution in [3.63, 3.8) is 0 Å². The lowest BCUT2D eigenvalue weighted by Crippen LogP contribution is -2.11. The predicted octanol–water partition coefficient (Wildman–Crippen LogP) is 3.01. The van der Waals surface area contributed by atoms with Gasteiger partial charge in [-0.3, -0.25) is 9.59 Å². The maximum absolute atomic E-state index is 12.1. The minimum absolute atomic E-state index is 0.0712. The summed E-state index contributed by atoms with van der Waals surface area (Å²) in [5.41, 5.74) is 1.82. The molecule has 2 N–H and O–H groups in total. The minimum Gasteiger partial charge on any atom is -0.507 e. The Kier molecular flexibility index (Phi) is 3.53. The van der Waals surface area contributed by atoms with Gasteiger partial charge in [0, 0.05) is 11.1 Å². The topological polar surface area (TPSA) is 79.3 Å². The fourth-order valence-electron chi connectivity index (χ4n) is 2.15. The van der Waals surface area contributed by atoms with Crippen molar-refractivity contribution in [1.82, 2.24) is 4.98 Å². The molecule has 0 aliphatic rings. The molecule has 0 unspecified atom stereocenters. The number of aromatic hydroxyl groups is 1. The minimum atomic E-state index is -0.394. The number of phenols is 1. The van der Waals surface area contributed by atoms with Crippen molar-refractivity contribution in [1.29, 1.82) is 0 Å². The van der Waals surface area contributed by atoms with Crippen LogP contribution in [0.2, 0.25) is 0 Å². The lowest BCUT2D eigenvalue weighted by Gasteiger charge is -2.07. The Labute approximate surface area is 126 Å². The van der Waals surface area contributed by atoms with Gasteiger partial charge in [0.1, 0.15) is 11.4 Å². The Morgan fingerprint density at radius 2 is 1.91 bits per heavy atom. The van der Waals surface area contributed by atoms with Crippen LogP contribution in [0.3, 0.4) is 0 Å². The number of hydrogen-bond donors (Lipinski definition) is 2. The molecule has 0 atom stereocenters. The summed E-state index contributed by atoms with van der Waals surface area (Å²) < 4.78 is 0. The summed E-state index contributed by atoms with van der Waals surface area (Å²) in [4.78, 5) is 27.0. The van der Waals surface area contributed by atoms with Gasteiger partial charge in [-0.15, -0.1) is 0 Å². The van der Waals surface area contributed by atoms with E-state index in [9.17, 15) is 14.7 Å². The van der Waals surface area contributed by atoms with Crippen LogP contribution in [0.5, 0.6) is 5.75 Å². The molecular formula is C17H12N2O3. The number of aromatic nitrogens is 1. The van der Waals surface area contributed by atoms with Crippen LogP contribution in [0, 0.1) is 0 Å². The van der Waals surface area contributed by atoms with Crippen molar-refractivity contribution in [2.45, 2.75) is 0 Å². The smallest absolute Gasteiger partial charge is 0.259 e. The number of amides is 1. The largest absolute Gasteiger partial charge is 0.507 e. The van der Waals surface area contributed by atoms with Gasteiger partial charge < -0.3 is 10.4 Å². The standard InChI is InChI=1S/C17H12N2O3/c20-10-13-6-5-11-9-12(7-8-15(11)18-13)19-17(22)14-3-1-2-4-16(14)21/h1-10,21H,(H,19,22). The van der Waals surface area contributed by atoms with E-state index in [-0.39, 0.29) is 11.3 Å². The first-order chi connectivity index (χ1) is 10.7. The van der Waals surface area contributed by atoms with Gasteiger partial charge in [-0.25, -0.2) is 4.98 Å². The van der Waals surface area contributed by atoms with Crippen LogP contribution in [-0.4, -0.2) is 22.3 Å². The van der Waals surface area contributed by atoms with Crippen molar-refractivity contribution in [3.05, 3.63) is 65.9 Å². The fraction of sp³-hybridized carbons (Fsp3) is 0. The van der Waals surface area contributed by atoms with Crippen molar-refractivity contribution in [2.75, 3.05) is 5.32 Å². The summed E-state index contributed by atoms with van der Waals surface area (Å²) in [5, 5.41) is 13.2. The maximum Gasteiger partial charge on any atom is 0.259 e. The lowest BCUT2D eigenvalue weighted by molar-refractivity contribution is 0.102. The number of phenolic OH excluding ortho intramolecular Hbond substituents is 1. The number of hydrogen-bond acceptors (Lipinski definition) is 4. The number of benzene rings is 2. The molecule has 0 aliphatic heterocycles. The fourth-order valence-corrected chi connectivity index (χ4v) is 2.15. The molecule has 0 bridgehead atoms. The summed E-state index contributed by atoms with van der Waals surface area (Å²) in [5.74, 6) is -0.465.